The number of amides is 1. The molecule has 1 unspecified atom stereocenters. The second-order valence-corrected chi connectivity index (χ2v) is 9.44. The minimum absolute atomic E-state index is 0.0814. The molecule has 0 aliphatic carbocycles. The first-order chi connectivity index (χ1) is 18.4. The van der Waals surface area contributed by atoms with Gasteiger partial charge in [0.25, 0.3) is 5.91 Å². The number of benzene rings is 3. The van der Waals surface area contributed by atoms with Crippen LogP contribution in [-0.2, 0) is 11.3 Å². The van der Waals surface area contributed by atoms with Crippen molar-refractivity contribution >= 4 is 16.9 Å². The fourth-order valence-electron chi connectivity index (χ4n) is 5.06. The van der Waals surface area contributed by atoms with Crippen LogP contribution >= 0.6 is 0 Å². The molecule has 5 rings (SSSR count). The van der Waals surface area contributed by atoms with Crippen LogP contribution in [0.25, 0.3) is 11.0 Å². The Hall–Kier alpha value is -4.10. The summed E-state index contributed by atoms with van der Waals surface area (Å²) in [6, 6.07) is 18.6. The summed E-state index contributed by atoms with van der Waals surface area (Å²) >= 11 is 0. The Morgan fingerprint density at radius 2 is 1.74 bits per heavy atom. The molecular weight excluding hydrogens is 482 g/mol. The molecule has 0 spiro atoms. The first-order valence-corrected chi connectivity index (χ1v) is 12.7. The Balaban J connectivity index is 1.61. The molecular formula is C31H31NO6. The molecule has 0 fully saturated rings. The molecule has 3 aromatic carbocycles. The van der Waals surface area contributed by atoms with E-state index in [1.807, 2.05) is 81.4 Å². The van der Waals surface area contributed by atoms with Crippen molar-refractivity contribution in [1.29, 1.82) is 0 Å². The maximum Gasteiger partial charge on any atom is 0.290 e. The number of rotatable bonds is 9. The predicted molar refractivity (Wildman–Crippen MR) is 145 cm³/mol. The summed E-state index contributed by atoms with van der Waals surface area (Å²) in [5.41, 5.74) is 4.13. The average molecular weight is 514 g/mol. The second kappa shape index (κ2) is 10.7. The number of carbonyl (C=O) groups is 1. The fourth-order valence-corrected chi connectivity index (χ4v) is 5.06. The van der Waals surface area contributed by atoms with Gasteiger partial charge in [-0.15, -0.1) is 0 Å². The minimum atomic E-state index is -0.642. The first kappa shape index (κ1) is 25.5. The highest BCUT2D eigenvalue weighted by molar-refractivity contribution is 5.99. The van der Waals surface area contributed by atoms with Crippen molar-refractivity contribution in [2.45, 2.75) is 33.4 Å². The number of ether oxygens (including phenoxy) is 3. The molecule has 4 aromatic rings. The van der Waals surface area contributed by atoms with E-state index < -0.39 is 6.04 Å². The molecule has 0 radical (unpaired) electrons. The quantitative estimate of drug-likeness (QED) is 0.291. The van der Waals surface area contributed by atoms with Crippen LogP contribution < -0.4 is 14.9 Å². The number of carbonyl (C=O) groups excluding carboxylic acids is 1. The van der Waals surface area contributed by atoms with Crippen LogP contribution in [0.3, 0.4) is 0 Å². The Morgan fingerprint density at radius 3 is 2.47 bits per heavy atom. The summed E-state index contributed by atoms with van der Waals surface area (Å²) in [5, 5.41) is 0.473. The lowest BCUT2D eigenvalue weighted by Gasteiger charge is -2.25. The fraction of sp³-hybridized carbons (Fsp3) is 0.290. The Bertz CT molecular complexity index is 1540. The molecule has 0 saturated carbocycles. The van der Waals surface area contributed by atoms with Gasteiger partial charge in [-0.2, -0.15) is 0 Å². The van der Waals surface area contributed by atoms with Gasteiger partial charge in [0.1, 0.15) is 12.2 Å². The predicted octanol–water partition coefficient (Wildman–Crippen LogP) is 5.58. The molecule has 0 bridgehead atoms. The molecule has 7 heteroatoms. The van der Waals surface area contributed by atoms with Crippen molar-refractivity contribution in [3.63, 3.8) is 0 Å². The van der Waals surface area contributed by atoms with Gasteiger partial charge in [0, 0.05) is 13.7 Å². The summed E-state index contributed by atoms with van der Waals surface area (Å²) in [7, 11) is 1.58. The smallest absolute Gasteiger partial charge is 0.290 e. The highest BCUT2D eigenvalue weighted by Crippen LogP contribution is 2.41. The summed E-state index contributed by atoms with van der Waals surface area (Å²) in [6.07, 6.45) is 0. The summed E-state index contributed by atoms with van der Waals surface area (Å²) in [5.74, 6) is 0.885. The number of aryl methyl sites for hydroxylation is 2. The lowest BCUT2D eigenvalue weighted by atomic mass is 9.97. The maximum atomic E-state index is 13.9. The number of hydrogen-bond donors (Lipinski definition) is 0. The number of fused-ring (bicyclic) bond motifs is 2. The van der Waals surface area contributed by atoms with Crippen molar-refractivity contribution in [3.05, 3.63) is 104 Å². The largest absolute Gasteiger partial charge is 0.490 e. The van der Waals surface area contributed by atoms with Crippen LogP contribution in [0.5, 0.6) is 11.5 Å². The third kappa shape index (κ3) is 4.65. The van der Waals surface area contributed by atoms with E-state index in [9.17, 15) is 9.59 Å². The summed E-state index contributed by atoms with van der Waals surface area (Å²) in [6.45, 7) is 7.16. The Labute approximate surface area is 221 Å². The van der Waals surface area contributed by atoms with Crippen molar-refractivity contribution in [3.8, 4) is 11.5 Å². The molecule has 1 amide bonds. The van der Waals surface area contributed by atoms with Crippen LogP contribution in [-0.4, -0.2) is 37.7 Å². The Morgan fingerprint density at radius 1 is 0.947 bits per heavy atom. The molecule has 7 nitrogen and oxygen atoms in total. The standard InChI is InChI=1S/C31H31NO6/c1-5-36-25-17-22(11-12-24(25)37-18-21-9-7-6-8-10-21)27-26-28(33)23-16-19(2)15-20(3)29(23)38-30(26)31(34)32(27)13-14-35-4/h6-12,15-17,27H,5,13-14,18H2,1-4H3. The monoisotopic (exact) mass is 513 g/mol. The van der Waals surface area contributed by atoms with E-state index >= 15 is 0 Å². The topological polar surface area (TPSA) is 78.2 Å². The zero-order valence-electron chi connectivity index (χ0n) is 22.1. The zero-order valence-corrected chi connectivity index (χ0v) is 22.1. The van der Waals surface area contributed by atoms with Crippen molar-refractivity contribution in [2.75, 3.05) is 26.9 Å². The number of nitrogens with zero attached hydrogens (tertiary/aromatic N) is 1. The third-order valence-corrected chi connectivity index (χ3v) is 6.75. The van der Waals surface area contributed by atoms with Gasteiger partial charge in [0.2, 0.25) is 5.76 Å². The highest BCUT2D eigenvalue weighted by atomic mass is 16.5. The van der Waals surface area contributed by atoms with Gasteiger partial charge in [0.05, 0.1) is 30.2 Å². The molecule has 1 aliphatic heterocycles. The van der Waals surface area contributed by atoms with E-state index in [-0.39, 0.29) is 17.1 Å². The van der Waals surface area contributed by atoms with Crippen molar-refractivity contribution < 1.29 is 23.4 Å². The highest BCUT2D eigenvalue weighted by Gasteiger charge is 2.43. The minimum Gasteiger partial charge on any atom is -0.490 e. The summed E-state index contributed by atoms with van der Waals surface area (Å²) < 4.78 is 23.4. The molecule has 1 aromatic heterocycles. The van der Waals surface area contributed by atoms with Crippen molar-refractivity contribution in [1.82, 2.24) is 4.90 Å². The van der Waals surface area contributed by atoms with Crippen LogP contribution in [0.4, 0.5) is 0 Å². The average Bonchev–Trinajstić information content (AvgIpc) is 3.19. The number of hydrogen-bond acceptors (Lipinski definition) is 6. The van der Waals surface area contributed by atoms with Gasteiger partial charge in [0.15, 0.2) is 16.9 Å². The molecule has 1 atom stereocenters. The molecule has 1 aliphatic rings. The van der Waals surface area contributed by atoms with Crippen LogP contribution in [0.15, 0.2) is 69.9 Å². The molecule has 0 N–H and O–H groups in total. The van der Waals surface area contributed by atoms with E-state index in [1.165, 1.54) is 0 Å². The summed E-state index contributed by atoms with van der Waals surface area (Å²) in [4.78, 5) is 29.1. The number of methoxy groups -OCH3 is 1. The van der Waals surface area contributed by atoms with E-state index in [4.69, 9.17) is 18.6 Å². The van der Waals surface area contributed by atoms with E-state index in [1.54, 1.807) is 12.0 Å². The zero-order chi connectivity index (χ0) is 26.8. The molecule has 196 valence electrons. The lowest BCUT2D eigenvalue weighted by molar-refractivity contribution is 0.0663. The van der Waals surface area contributed by atoms with Gasteiger partial charge in [-0.25, -0.2) is 0 Å². The van der Waals surface area contributed by atoms with E-state index in [2.05, 4.69) is 0 Å². The maximum absolute atomic E-state index is 13.9. The van der Waals surface area contributed by atoms with E-state index in [0.29, 0.717) is 54.4 Å². The SMILES string of the molecule is CCOc1cc(C2c3c(oc4c(C)cc(C)cc4c3=O)C(=O)N2CCOC)ccc1OCc1ccccc1. The van der Waals surface area contributed by atoms with Crippen molar-refractivity contribution in [2.24, 2.45) is 0 Å². The van der Waals surface area contributed by atoms with Gasteiger partial charge < -0.3 is 23.5 Å². The van der Waals surface area contributed by atoms with Crippen LogP contribution in [0, 0.1) is 13.8 Å². The molecule has 38 heavy (non-hydrogen) atoms. The normalized spacial score (nSPS) is 14.7. The van der Waals surface area contributed by atoms with Crippen LogP contribution in [0.2, 0.25) is 0 Å². The Kier molecular flexibility index (Phi) is 7.20. The van der Waals surface area contributed by atoms with Gasteiger partial charge in [-0.3, -0.25) is 9.59 Å². The van der Waals surface area contributed by atoms with E-state index in [0.717, 1.165) is 22.3 Å². The third-order valence-electron chi connectivity index (χ3n) is 6.75. The lowest BCUT2D eigenvalue weighted by Crippen LogP contribution is -2.32. The second-order valence-electron chi connectivity index (χ2n) is 9.44. The first-order valence-electron chi connectivity index (χ1n) is 12.7. The van der Waals surface area contributed by atoms with Crippen LogP contribution in [0.1, 0.15) is 51.3 Å². The van der Waals surface area contributed by atoms with Gasteiger partial charge in [-0.05, 0) is 61.2 Å². The van der Waals surface area contributed by atoms with Gasteiger partial charge in [-0.1, -0.05) is 42.5 Å². The van der Waals surface area contributed by atoms with Gasteiger partial charge >= 0.3 is 0 Å². The molecule has 2 heterocycles. The molecule has 0 saturated heterocycles.